The molecule has 0 fully saturated rings. The lowest BCUT2D eigenvalue weighted by molar-refractivity contribution is -0.143. The molecule has 0 aliphatic heterocycles. The van der Waals surface area contributed by atoms with Crippen molar-refractivity contribution >= 4 is 29.8 Å². The molecule has 10 nitrogen and oxygen atoms in total. The third-order valence-corrected chi connectivity index (χ3v) is 4.48. The van der Waals surface area contributed by atoms with Gasteiger partial charge in [-0.15, -0.1) is 0 Å². The maximum absolute atomic E-state index is 12.4. The van der Waals surface area contributed by atoms with E-state index in [0.29, 0.717) is 18.6 Å². The van der Waals surface area contributed by atoms with Crippen LogP contribution in [0.1, 0.15) is 39.2 Å². The second-order valence-corrected chi connectivity index (χ2v) is 7.47. The predicted octanol–water partition coefficient (Wildman–Crippen LogP) is 1.13. The lowest BCUT2D eigenvalue weighted by Crippen LogP contribution is -2.52. The van der Waals surface area contributed by atoms with Crippen LogP contribution in [0.4, 0.5) is 0 Å². The molecular formula is C23H33N3O7. The molecule has 0 aliphatic rings. The van der Waals surface area contributed by atoms with Crippen LogP contribution in [0.15, 0.2) is 24.3 Å². The molecule has 0 bridgehead atoms. The van der Waals surface area contributed by atoms with Crippen molar-refractivity contribution in [2.24, 2.45) is 5.92 Å². The normalized spacial score (nSPS) is 11.7. The average Bonchev–Trinajstić information content (AvgIpc) is 2.78. The summed E-state index contributed by atoms with van der Waals surface area (Å²) in [4.78, 5) is 47.9. The number of aromatic hydroxyl groups is 1. The number of phenols is 1. The van der Waals surface area contributed by atoms with Gasteiger partial charge in [-0.2, -0.15) is 0 Å². The minimum absolute atomic E-state index is 0.0153. The highest BCUT2D eigenvalue weighted by molar-refractivity contribution is 5.95. The Kier molecular flexibility index (Phi) is 12.1. The van der Waals surface area contributed by atoms with Gasteiger partial charge in [0.1, 0.15) is 6.04 Å². The summed E-state index contributed by atoms with van der Waals surface area (Å²) in [5.41, 5.74) is 0.628. The molecule has 0 saturated heterocycles. The van der Waals surface area contributed by atoms with Gasteiger partial charge < -0.3 is 30.5 Å². The number of rotatable bonds is 13. The molecule has 10 heteroatoms. The predicted molar refractivity (Wildman–Crippen MR) is 122 cm³/mol. The smallest absolute Gasteiger partial charge is 0.305 e. The van der Waals surface area contributed by atoms with E-state index < -0.39 is 17.9 Å². The summed E-state index contributed by atoms with van der Waals surface area (Å²) >= 11 is 0. The van der Waals surface area contributed by atoms with Gasteiger partial charge in [0, 0.05) is 19.0 Å². The van der Waals surface area contributed by atoms with Gasteiger partial charge >= 0.3 is 5.97 Å². The summed E-state index contributed by atoms with van der Waals surface area (Å²) in [6.45, 7) is 5.58. The third-order valence-electron chi connectivity index (χ3n) is 4.48. The molecule has 3 amide bonds. The average molecular weight is 464 g/mol. The highest BCUT2D eigenvalue weighted by atomic mass is 16.5. The van der Waals surface area contributed by atoms with Crippen LogP contribution in [0.2, 0.25) is 0 Å². The molecule has 0 aromatic heterocycles. The van der Waals surface area contributed by atoms with E-state index in [1.54, 1.807) is 32.9 Å². The zero-order valence-corrected chi connectivity index (χ0v) is 19.5. The quantitative estimate of drug-likeness (QED) is 0.195. The van der Waals surface area contributed by atoms with Crippen LogP contribution in [0.3, 0.4) is 0 Å². The van der Waals surface area contributed by atoms with Crippen molar-refractivity contribution in [3.05, 3.63) is 29.8 Å². The Morgan fingerprint density at radius 1 is 1.15 bits per heavy atom. The van der Waals surface area contributed by atoms with Gasteiger partial charge in [-0.05, 0) is 43.0 Å². The Hall–Kier alpha value is -3.56. The fraction of sp³-hybridized carbons (Fsp3) is 0.478. The number of ether oxygens (including phenoxy) is 2. The molecule has 0 saturated carbocycles. The first-order valence-electron chi connectivity index (χ1n) is 10.7. The van der Waals surface area contributed by atoms with Gasteiger partial charge in [0.2, 0.25) is 17.7 Å². The van der Waals surface area contributed by atoms with Crippen LogP contribution in [0.5, 0.6) is 11.5 Å². The second-order valence-electron chi connectivity index (χ2n) is 7.47. The highest BCUT2D eigenvalue weighted by Crippen LogP contribution is 2.26. The highest BCUT2D eigenvalue weighted by Gasteiger charge is 2.23. The Labute approximate surface area is 193 Å². The zero-order valence-electron chi connectivity index (χ0n) is 19.5. The van der Waals surface area contributed by atoms with E-state index >= 15 is 0 Å². The number of amides is 3. The number of benzene rings is 1. The van der Waals surface area contributed by atoms with Gasteiger partial charge in [-0.1, -0.05) is 19.9 Å². The number of hydrogen-bond donors (Lipinski definition) is 4. The van der Waals surface area contributed by atoms with E-state index in [1.165, 1.54) is 25.3 Å². The molecule has 1 atom stereocenters. The summed E-state index contributed by atoms with van der Waals surface area (Å²) in [5, 5.41) is 17.3. The van der Waals surface area contributed by atoms with Crippen molar-refractivity contribution in [2.75, 3.05) is 26.8 Å². The minimum atomic E-state index is -0.781. The number of carbonyl (C=O) groups excluding carboxylic acids is 4. The molecule has 0 spiro atoms. The van der Waals surface area contributed by atoms with Crippen LogP contribution >= 0.6 is 0 Å². The van der Waals surface area contributed by atoms with Crippen molar-refractivity contribution in [1.82, 2.24) is 16.0 Å². The number of phenolic OH excluding ortho intramolecular Hbond substituents is 1. The number of hydrogen-bond acceptors (Lipinski definition) is 7. The van der Waals surface area contributed by atoms with Gasteiger partial charge in [0.05, 0.1) is 20.3 Å². The van der Waals surface area contributed by atoms with Gasteiger partial charge in [-0.25, -0.2) is 0 Å². The van der Waals surface area contributed by atoms with Gasteiger partial charge in [-0.3, -0.25) is 19.2 Å². The Morgan fingerprint density at radius 2 is 1.88 bits per heavy atom. The van der Waals surface area contributed by atoms with Gasteiger partial charge in [0.25, 0.3) is 0 Å². The first-order valence-corrected chi connectivity index (χ1v) is 10.7. The molecule has 4 N–H and O–H groups in total. The molecule has 0 radical (unpaired) electrons. The van der Waals surface area contributed by atoms with Crippen LogP contribution in [0, 0.1) is 5.92 Å². The lowest BCUT2D eigenvalue weighted by Gasteiger charge is -2.21. The van der Waals surface area contributed by atoms with Crippen molar-refractivity contribution in [3.8, 4) is 11.5 Å². The van der Waals surface area contributed by atoms with E-state index in [9.17, 15) is 24.3 Å². The third kappa shape index (κ3) is 10.5. The molecule has 33 heavy (non-hydrogen) atoms. The summed E-state index contributed by atoms with van der Waals surface area (Å²) < 4.78 is 9.83. The summed E-state index contributed by atoms with van der Waals surface area (Å²) in [6, 6.07) is 3.83. The maximum Gasteiger partial charge on any atom is 0.305 e. The molecule has 0 heterocycles. The zero-order chi connectivity index (χ0) is 24.8. The largest absolute Gasteiger partial charge is 0.504 e. The number of carbonyl (C=O) groups is 4. The molecule has 1 aromatic rings. The van der Waals surface area contributed by atoms with E-state index in [0.717, 1.165) is 0 Å². The van der Waals surface area contributed by atoms with Gasteiger partial charge in [0.15, 0.2) is 11.5 Å². The van der Waals surface area contributed by atoms with Crippen LogP contribution in [-0.2, 0) is 23.9 Å². The summed E-state index contributed by atoms with van der Waals surface area (Å²) in [6.07, 6.45) is 3.38. The summed E-state index contributed by atoms with van der Waals surface area (Å²) in [7, 11) is 1.42. The number of nitrogens with one attached hydrogen (secondary N) is 3. The van der Waals surface area contributed by atoms with Crippen molar-refractivity contribution in [1.29, 1.82) is 0 Å². The van der Waals surface area contributed by atoms with Crippen LogP contribution in [-0.4, -0.2) is 61.6 Å². The van der Waals surface area contributed by atoms with Crippen molar-refractivity contribution in [2.45, 2.75) is 39.7 Å². The maximum atomic E-state index is 12.4. The molecule has 182 valence electrons. The fourth-order valence-corrected chi connectivity index (χ4v) is 2.74. The first-order chi connectivity index (χ1) is 15.7. The fourth-order valence-electron chi connectivity index (χ4n) is 2.74. The van der Waals surface area contributed by atoms with Crippen LogP contribution in [0.25, 0.3) is 6.08 Å². The number of methoxy groups -OCH3 is 1. The van der Waals surface area contributed by atoms with Crippen LogP contribution < -0.4 is 20.7 Å². The molecule has 1 rings (SSSR count). The second kappa shape index (κ2) is 14.5. The van der Waals surface area contributed by atoms with E-state index in [-0.39, 0.29) is 48.8 Å². The van der Waals surface area contributed by atoms with E-state index in [1.807, 2.05) is 0 Å². The molecule has 0 aliphatic carbocycles. The minimum Gasteiger partial charge on any atom is -0.504 e. The summed E-state index contributed by atoms with van der Waals surface area (Å²) in [5.74, 6) is -1.62. The lowest BCUT2D eigenvalue weighted by atomic mass is 10.0. The standard InChI is InChI=1S/C23H33N3O7/c1-5-33-21(30)7-6-12-24-23(31)22(15(2)3)26-20(29)14-25-19(28)11-9-16-8-10-17(27)18(13-16)32-4/h8-11,13,15,22,27H,5-7,12,14H2,1-4H3,(H,24,31)(H,25,28)(H,26,29)/b11-9+. The Balaban J connectivity index is 2.47. The van der Waals surface area contributed by atoms with Crippen molar-refractivity contribution in [3.63, 3.8) is 0 Å². The molecule has 1 unspecified atom stereocenters. The first kappa shape index (κ1) is 27.5. The topological polar surface area (TPSA) is 143 Å². The van der Waals surface area contributed by atoms with E-state index in [4.69, 9.17) is 9.47 Å². The molecule has 1 aromatic carbocycles. The SMILES string of the molecule is CCOC(=O)CCCNC(=O)C(NC(=O)CNC(=O)/C=C/c1ccc(O)c(OC)c1)C(C)C. The number of esters is 1. The molecular weight excluding hydrogens is 430 g/mol. The Morgan fingerprint density at radius 3 is 2.52 bits per heavy atom. The monoisotopic (exact) mass is 463 g/mol. The Bertz CT molecular complexity index is 852. The van der Waals surface area contributed by atoms with E-state index in [2.05, 4.69) is 16.0 Å². The van der Waals surface area contributed by atoms with Crippen molar-refractivity contribution < 1.29 is 33.8 Å².